The minimum Gasteiger partial charge on any atom is -0.399 e. The van der Waals surface area contributed by atoms with Gasteiger partial charge in [0.1, 0.15) is 0 Å². The van der Waals surface area contributed by atoms with Gasteiger partial charge in [-0.25, -0.2) is 0 Å². The van der Waals surface area contributed by atoms with Crippen LogP contribution >= 0.6 is 0 Å². The molecule has 3 rings (SSSR count). The van der Waals surface area contributed by atoms with E-state index in [-0.39, 0.29) is 22.4 Å². The van der Waals surface area contributed by atoms with E-state index in [1.54, 1.807) is 0 Å². The van der Waals surface area contributed by atoms with Gasteiger partial charge in [-0.3, -0.25) is 0 Å². The zero-order valence-corrected chi connectivity index (χ0v) is 19.2. The van der Waals surface area contributed by atoms with E-state index in [1.807, 2.05) is 6.07 Å². The Bertz CT molecular complexity index is 660. The van der Waals surface area contributed by atoms with E-state index in [4.69, 9.17) is 18.6 Å². The third-order valence-electron chi connectivity index (χ3n) is 6.74. The number of rotatable bonds is 4. The first-order chi connectivity index (χ1) is 12.7. The standard InChI is InChI=1S/C21H35B2NO4/c1-18(2)19(3,4)26-22(25-18)16-12-11-13-17(15(16)14-24(9)10)23-27-20(5,6)21(7,8)28-23/h11-13H,14H2,1-10H3. The molecule has 0 N–H and O–H groups in total. The maximum Gasteiger partial charge on any atom is 0.495 e. The van der Waals surface area contributed by atoms with Crippen LogP contribution in [0.5, 0.6) is 0 Å². The van der Waals surface area contributed by atoms with Crippen LogP contribution in [0.1, 0.15) is 61.0 Å². The molecule has 0 aromatic heterocycles. The Morgan fingerprint density at radius 3 is 1.29 bits per heavy atom. The normalized spacial score (nSPS) is 25.0. The molecule has 0 amide bonds. The van der Waals surface area contributed by atoms with Gasteiger partial charge < -0.3 is 23.5 Å². The van der Waals surface area contributed by atoms with Crippen LogP contribution in [0.15, 0.2) is 18.2 Å². The Labute approximate surface area is 171 Å². The van der Waals surface area contributed by atoms with Gasteiger partial charge in [-0.15, -0.1) is 0 Å². The summed E-state index contributed by atoms with van der Waals surface area (Å²) in [5.74, 6) is 0. The van der Waals surface area contributed by atoms with Crippen molar-refractivity contribution in [2.75, 3.05) is 14.1 Å². The van der Waals surface area contributed by atoms with Crippen molar-refractivity contribution in [3.05, 3.63) is 23.8 Å². The average molecular weight is 387 g/mol. The van der Waals surface area contributed by atoms with Crippen molar-refractivity contribution in [2.24, 2.45) is 0 Å². The lowest BCUT2D eigenvalue weighted by Gasteiger charge is -2.32. The number of hydrogen-bond donors (Lipinski definition) is 0. The highest BCUT2D eigenvalue weighted by Crippen LogP contribution is 2.38. The molecule has 0 aliphatic carbocycles. The van der Waals surface area contributed by atoms with Crippen molar-refractivity contribution >= 4 is 25.2 Å². The maximum absolute atomic E-state index is 6.35. The van der Waals surface area contributed by atoms with E-state index < -0.39 is 14.2 Å². The molecule has 1 aromatic carbocycles. The summed E-state index contributed by atoms with van der Waals surface area (Å²) in [5.41, 5.74) is 1.70. The van der Waals surface area contributed by atoms with Crippen LogP contribution in [0.3, 0.4) is 0 Å². The molecule has 0 unspecified atom stereocenters. The van der Waals surface area contributed by atoms with Crippen LogP contribution < -0.4 is 10.9 Å². The van der Waals surface area contributed by atoms with E-state index in [0.29, 0.717) is 0 Å². The maximum atomic E-state index is 6.35. The highest BCUT2D eigenvalue weighted by molar-refractivity contribution is 6.67. The molecule has 0 bridgehead atoms. The van der Waals surface area contributed by atoms with Crippen LogP contribution in [-0.2, 0) is 25.2 Å². The van der Waals surface area contributed by atoms with Crippen molar-refractivity contribution < 1.29 is 18.6 Å². The molecule has 2 fully saturated rings. The molecule has 28 heavy (non-hydrogen) atoms. The molecule has 2 aliphatic rings. The fourth-order valence-electron chi connectivity index (χ4n) is 3.50. The van der Waals surface area contributed by atoms with Gasteiger partial charge in [-0.2, -0.15) is 0 Å². The Morgan fingerprint density at radius 2 is 1.00 bits per heavy atom. The van der Waals surface area contributed by atoms with Crippen LogP contribution in [0.25, 0.3) is 0 Å². The zero-order chi connectivity index (χ0) is 21.1. The van der Waals surface area contributed by atoms with Crippen LogP contribution in [0, 0.1) is 0 Å². The topological polar surface area (TPSA) is 40.2 Å². The average Bonchev–Trinajstić information content (AvgIpc) is 2.86. The third kappa shape index (κ3) is 3.68. The molecular formula is C21H35B2NO4. The first kappa shape index (κ1) is 21.8. The minimum atomic E-state index is -0.415. The first-order valence-corrected chi connectivity index (χ1v) is 10.1. The van der Waals surface area contributed by atoms with Crippen molar-refractivity contribution in [1.82, 2.24) is 4.90 Å². The van der Waals surface area contributed by atoms with Gasteiger partial charge in [0.2, 0.25) is 0 Å². The van der Waals surface area contributed by atoms with Gasteiger partial charge in [0.05, 0.1) is 22.4 Å². The molecule has 2 heterocycles. The predicted octanol–water partition coefficient (Wildman–Crippen LogP) is 2.35. The van der Waals surface area contributed by atoms with Crippen LogP contribution in [0.2, 0.25) is 0 Å². The van der Waals surface area contributed by atoms with Gasteiger partial charge in [-0.1, -0.05) is 18.2 Å². The number of benzene rings is 1. The second-order valence-corrected chi connectivity index (χ2v) is 10.3. The van der Waals surface area contributed by atoms with Crippen molar-refractivity contribution in [3.63, 3.8) is 0 Å². The summed E-state index contributed by atoms with van der Waals surface area (Å²) in [6.07, 6.45) is 0. The van der Waals surface area contributed by atoms with Crippen LogP contribution in [-0.4, -0.2) is 55.6 Å². The summed E-state index contributed by atoms with van der Waals surface area (Å²) in [5, 5.41) is 0. The second kappa shape index (κ2) is 6.85. The molecule has 0 saturated carbocycles. The third-order valence-corrected chi connectivity index (χ3v) is 6.74. The largest absolute Gasteiger partial charge is 0.495 e. The van der Waals surface area contributed by atoms with E-state index >= 15 is 0 Å². The van der Waals surface area contributed by atoms with Crippen molar-refractivity contribution in [2.45, 2.75) is 84.3 Å². The summed E-state index contributed by atoms with van der Waals surface area (Å²) < 4.78 is 25.4. The lowest BCUT2D eigenvalue weighted by molar-refractivity contribution is 0.00578. The van der Waals surface area contributed by atoms with Crippen LogP contribution in [0.4, 0.5) is 0 Å². The Morgan fingerprint density at radius 1 is 0.679 bits per heavy atom. The predicted molar refractivity (Wildman–Crippen MR) is 115 cm³/mol. The minimum absolute atomic E-state index is 0.382. The van der Waals surface area contributed by atoms with Crippen molar-refractivity contribution in [3.8, 4) is 0 Å². The lowest BCUT2D eigenvalue weighted by Crippen LogP contribution is -2.46. The Kier molecular flexibility index (Phi) is 5.34. The quantitative estimate of drug-likeness (QED) is 0.742. The highest BCUT2D eigenvalue weighted by Gasteiger charge is 2.54. The summed E-state index contributed by atoms with van der Waals surface area (Å²) >= 11 is 0. The SMILES string of the molecule is CN(C)Cc1c(B2OC(C)(C)C(C)(C)O2)cccc1B1OC(C)(C)C(C)(C)O1. The highest BCUT2D eigenvalue weighted by atomic mass is 16.7. The second-order valence-electron chi connectivity index (χ2n) is 10.3. The zero-order valence-electron chi connectivity index (χ0n) is 19.2. The number of nitrogens with zero attached hydrogens (tertiary/aromatic N) is 1. The molecule has 0 radical (unpaired) electrons. The molecular weight excluding hydrogens is 352 g/mol. The molecule has 1 aromatic rings. The van der Waals surface area contributed by atoms with E-state index in [9.17, 15) is 0 Å². The molecule has 2 saturated heterocycles. The van der Waals surface area contributed by atoms with E-state index in [2.05, 4.69) is 86.5 Å². The first-order valence-electron chi connectivity index (χ1n) is 10.1. The van der Waals surface area contributed by atoms with Gasteiger partial charge in [0.25, 0.3) is 0 Å². The van der Waals surface area contributed by atoms with Crippen molar-refractivity contribution in [1.29, 1.82) is 0 Å². The Balaban J connectivity index is 2.03. The van der Waals surface area contributed by atoms with E-state index in [1.165, 1.54) is 0 Å². The van der Waals surface area contributed by atoms with Gasteiger partial charge >= 0.3 is 14.2 Å². The lowest BCUT2D eigenvalue weighted by atomic mass is 9.67. The summed E-state index contributed by atoms with van der Waals surface area (Å²) in [6, 6.07) is 6.23. The van der Waals surface area contributed by atoms with E-state index in [0.717, 1.165) is 23.0 Å². The molecule has 5 nitrogen and oxygen atoms in total. The fraction of sp³-hybridized carbons (Fsp3) is 0.714. The molecule has 7 heteroatoms. The molecule has 0 atom stereocenters. The van der Waals surface area contributed by atoms with Gasteiger partial charge in [0, 0.05) is 6.54 Å². The molecule has 0 spiro atoms. The summed E-state index contributed by atoms with van der Waals surface area (Å²) in [7, 11) is 3.30. The summed E-state index contributed by atoms with van der Waals surface area (Å²) in [6.45, 7) is 17.4. The fourth-order valence-corrected chi connectivity index (χ4v) is 3.50. The van der Waals surface area contributed by atoms with Gasteiger partial charge in [-0.05, 0) is 86.0 Å². The molecule has 154 valence electrons. The molecule has 2 aliphatic heterocycles. The summed E-state index contributed by atoms with van der Waals surface area (Å²) in [4.78, 5) is 2.15. The van der Waals surface area contributed by atoms with Gasteiger partial charge in [0.15, 0.2) is 0 Å². The Hall–Kier alpha value is -0.850. The monoisotopic (exact) mass is 387 g/mol. The number of hydrogen-bond acceptors (Lipinski definition) is 5. The smallest absolute Gasteiger partial charge is 0.399 e.